The molecule has 71 heavy (non-hydrogen) atoms. The summed E-state index contributed by atoms with van der Waals surface area (Å²) >= 11 is 1.88. The van der Waals surface area contributed by atoms with E-state index in [0.717, 1.165) is 17.1 Å². The predicted molar refractivity (Wildman–Crippen MR) is 303 cm³/mol. The molecule has 0 saturated carbocycles. The second kappa shape index (κ2) is 14.6. The molecule has 2 heteroatoms. The summed E-state index contributed by atoms with van der Waals surface area (Å²) in [6, 6.07) is 94.2. The summed E-state index contributed by atoms with van der Waals surface area (Å²) in [7, 11) is 0. The Hall–Kier alpha value is -8.82. The number of thiophene rings is 1. The van der Waals surface area contributed by atoms with E-state index in [2.05, 4.69) is 254 Å². The van der Waals surface area contributed by atoms with Crippen molar-refractivity contribution in [1.29, 1.82) is 0 Å². The molecular formula is C69H41NS. The fraction of sp³-hybridized carbons (Fsp3) is 0.0145. The van der Waals surface area contributed by atoms with Gasteiger partial charge in [0, 0.05) is 36.8 Å². The molecule has 0 bridgehead atoms. The summed E-state index contributed by atoms with van der Waals surface area (Å²) in [4.78, 5) is 2.62. The summed E-state index contributed by atoms with van der Waals surface area (Å²) in [5.41, 5.74) is 15.7. The zero-order valence-corrected chi connectivity index (χ0v) is 39.3. The maximum Gasteiger partial charge on any atom is 0.0726 e. The standard InChI is InChI=1S/C69H41NS/c1-2-18-45-42(17-1)37-65(55-27-8-7-19-46(45)55)70(44-34-36-51-49-22-4-3-20-47(49)48-21-5-6-23-50(48)59(51)39-44)66-41-64-60(40-58(66)43-33-35-57-56-28-12-16-32-67(56)71-68(57)38-43)54-26-11-15-31-63(54)69(64)61-29-13-9-24-52(61)53-25-10-14-30-62(53)69/h1-41H. The van der Waals surface area contributed by atoms with Gasteiger partial charge in [-0.3, -0.25) is 0 Å². The van der Waals surface area contributed by atoms with Crippen LogP contribution < -0.4 is 4.90 Å². The van der Waals surface area contributed by atoms with E-state index < -0.39 is 5.41 Å². The van der Waals surface area contributed by atoms with Crippen LogP contribution in [0.3, 0.4) is 0 Å². The first kappa shape index (κ1) is 39.1. The van der Waals surface area contributed by atoms with E-state index >= 15 is 0 Å². The summed E-state index contributed by atoms with van der Waals surface area (Å²) in [6.45, 7) is 0. The van der Waals surface area contributed by atoms with Crippen LogP contribution in [0.5, 0.6) is 0 Å². The van der Waals surface area contributed by atoms with E-state index in [-0.39, 0.29) is 0 Å². The molecule has 328 valence electrons. The third-order valence-corrected chi connectivity index (χ3v) is 17.2. The minimum Gasteiger partial charge on any atom is -0.309 e. The normalized spacial score (nSPS) is 13.2. The molecule has 2 aliphatic carbocycles. The van der Waals surface area contributed by atoms with E-state index in [1.54, 1.807) is 0 Å². The number of nitrogens with zero attached hydrogens (tertiary/aromatic N) is 1. The highest BCUT2D eigenvalue weighted by Gasteiger charge is 2.52. The monoisotopic (exact) mass is 915 g/mol. The molecule has 0 amide bonds. The third kappa shape index (κ3) is 5.29. The van der Waals surface area contributed by atoms with Crippen molar-refractivity contribution in [2.24, 2.45) is 0 Å². The molecule has 1 heterocycles. The highest BCUT2D eigenvalue weighted by molar-refractivity contribution is 7.25. The van der Waals surface area contributed by atoms with Crippen LogP contribution in [-0.2, 0) is 5.41 Å². The van der Waals surface area contributed by atoms with E-state index in [1.807, 2.05) is 11.3 Å². The molecular weight excluding hydrogens is 875 g/mol. The van der Waals surface area contributed by atoms with Crippen LogP contribution in [-0.4, -0.2) is 0 Å². The lowest BCUT2D eigenvalue weighted by Crippen LogP contribution is -2.26. The Labute approximate surface area is 414 Å². The van der Waals surface area contributed by atoms with Gasteiger partial charge in [0.15, 0.2) is 0 Å². The lowest BCUT2D eigenvalue weighted by Gasteiger charge is -2.34. The fourth-order valence-corrected chi connectivity index (χ4v) is 14.2. The Kier molecular flexibility index (Phi) is 8.04. The smallest absolute Gasteiger partial charge is 0.0726 e. The van der Waals surface area contributed by atoms with Crippen molar-refractivity contribution in [3.63, 3.8) is 0 Å². The maximum atomic E-state index is 2.62. The quantitative estimate of drug-likeness (QED) is 0.159. The molecule has 0 radical (unpaired) electrons. The van der Waals surface area contributed by atoms with E-state index in [0.29, 0.717) is 0 Å². The molecule has 0 aliphatic heterocycles. The number of hydrogen-bond acceptors (Lipinski definition) is 2. The van der Waals surface area contributed by atoms with Crippen LogP contribution in [0.2, 0.25) is 0 Å². The first-order valence-electron chi connectivity index (χ1n) is 24.7. The van der Waals surface area contributed by atoms with Gasteiger partial charge in [0.05, 0.1) is 16.8 Å². The van der Waals surface area contributed by atoms with Gasteiger partial charge in [0.25, 0.3) is 0 Å². The molecule has 1 spiro atoms. The zero-order chi connectivity index (χ0) is 46.4. The van der Waals surface area contributed by atoms with E-state index in [9.17, 15) is 0 Å². The molecule has 0 atom stereocenters. The molecule has 0 saturated heterocycles. The van der Waals surface area contributed by atoms with Crippen LogP contribution in [0.1, 0.15) is 22.3 Å². The minimum atomic E-state index is -0.530. The first-order chi connectivity index (χ1) is 35.2. The number of anilines is 3. The van der Waals surface area contributed by atoms with Crippen molar-refractivity contribution in [3.05, 3.63) is 271 Å². The SMILES string of the molecule is c1ccc2c(c1)-c1ccccc1C21c2ccccc2-c2cc(-c3ccc4c(c3)sc3ccccc34)c(N(c3ccc4c5ccccc5c5ccccc5c4c3)c3cc4ccccc4c4ccccc34)cc21. The van der Waals surface area contributed by atoms with Crippen LogP contribution in [0.25, 0.3) is 107 Å². The molecule has 16 rings (SSSR count). The second-order valence-electron chi connectivity index (χ2n) is 19.4. The topological polar surface area (TPSA) is 3.24 Å². The summed E-state index contributed by atoms with van der Waals surface area (Å²) < 4.78 is 2.60. The number of rotatable bonds is 4. The lowest BCUT2D eigenvalue weighted by molar-refractivity contribution is 0.794. The minimum absolute atomic E-state index is 0.530. The highest BCUT2D eigenvalue weighted by Crippen LogP contribution is 2.64. The third-order valence-electron chi connectivity index (χ3n) is 16.0. The van der Waals surface area contributed by atoms with Gasteiger partial charge in [-0.2, -0.15) is 0 Å². The van der Waals surface area contributed by atoms with Crippen LogP contribution >= 0.6 is 11.3 Å². The average molecular weight is 916 g/mol. The van der Waals surface area contributed by atoms with Crippen molar-refractivity contribution in [3.8, 4) is 33.4 Å². The lowest BCUT2D eigenvalue weighted by atomic mass is 9.70. The van der Waals surface area contributed by atoms with Crippen molar-refractivity contribution in [2.45, 2.75) is 5.41 Å². The molecule has 14 aromatic rings. The van der Waals surface area contributed by atoms with Gasteiger partial charge in [-0.1, -0.05) is 206 Å². The van der Waals surface area contributed by atoms with Gasteiger partial charge in [-0.15, -0.1) is 11.3 Å². The van der Waals surface area contributed by atoms with Gasteiger partial charge >= 0.3 is 0 Å². The Morgan fingerprint density at radius 2 is 0.746 bits per heavy atom. The van der Waals surface area contributed by atoms with Crippen LogP contribution in [0.4, 0.5) is 17.1 Å². The average Bonchev–Trinajstić information content (AvgIpc) is 4.06. The molecule has 0 N–H and O–H groups in total. The van der Waals surface area contributed by atoms with Crippen LogP contribution in [0.15, 0.2) is 249 Å². The van der Waals surface area contributed by atoms with Crippen molar-refractivity contribution in [1.82, 2.24) is 0 Å². The summed E-state index contributed by atoms with van der Waals surface area (Å²) in [5.74, 6) is 0. The zero-order valence-electron chi connectivity index (χ0n) is 38.5. The molecule has 1 aromatic heterocycles. The number of benzene rings is 13. The Balaban J connectivity index is 1.08. The molecule has 0 unspecified atom stereocenters. The van der Waals surface area contributed by atoms with Gasteiger partial charge in [-0.05, 0) is 141 Å². The highest BCUT2D eigenvalue weighted by atomic mass is 32.1. The molecule has 13 aromatic carbocycles. The van der Waals surface area contributed by atoms with Crippen molar-refractivity contribution in [2.75, 3.05) is 4.90 Å². The number of fused-ring (bicyclic) bond motifs is 22. The summed E-state index contributed by atoms with van der Waals surface area (Å²) in [6.07, 6.45) is 0. The molecule has 1 nitrogen and oxygen atoms in total. The summed E-state index contributed by atoms with van der Waals surface area (Å²) in [5, 5.41) is 15.1. The maximum absolute atomic E-state index is 2.62. The van der Waals surface area contributed by atoms with E-state index in [1.165, 1.54) is 130 Å². The van der Waals surface area contributed by atoms with Gasteiger partial charge in [0.1, 0.15) is 0 Å². The van der Waals surface area contributed by atoms with Crippen molar-refractivity contribution >= 4 is 102 Å². The van der Waals surface area contributed by atoms with Gasteiger partial charge in [-0.25, -0.2) is 0 Å². The Morgan fingerprint density at radius 3 is 1.41 bits per heavy atom. The van der Waals surface area contributed by atoms with Gasteiger partial charge < -0.3 is 4.90 Å². The Bertz CT molecular complexity index is 4530. The van der Waals surface area contributed by atoms with Crippen molar-refractivity contribution < 1.29 is 0 Å². The fourth-order valence-electron chi connectivity index (χ4n) is 13.1. The Morgan fingerprint density at radius 1 is 0.268 bits per heavy atom. The van der Waals surface area contributed by atoms with Crippen LogP contribution in [0, 0.1) is 0 Å². The molecule has 2 aliphatic rings. The predicted octanol–water partition coefficient (Wildman–Crippen LogP) is 19.3. The number of hydrogen-bond donors (Lipinski definition) is 0. The largest absolute Gasteiger partial charge is 0.309 e. The molecule has 0 fully saturated rings. The second-order valence-corrected chi connectivity index (χ2v) is 20.5. The van der Waals surface area contributed by atoms with E-state index in [4.69, 9.17) is 0 Å². The van der Waals surface area contributed by atoms with Gasteiger partial charge in [0.2, 0.25) is 0 Å². The first-order valence-corrected chi connectivity index (χ1v) is 25.5.